The first-order valence-electron chi connectivity index (χ1n) is 6.00. The van der Waals surface area contributed by atoms with Gasteiger partial charge >= 0.3 is 0 Å². The second-order valence-corrected chi connectivity index (χ2v) is 5.03. The third-order valence-electron chi connectivity index (χ3n) is 3.32. The molecule has 96 valence electrons. The predicted octanol–water partition coefficient (Wildman–Crippen LogP) is 3.20. The summed E-state index contributed by atoms with van der Waals surface area (Å²) in [5.41, 5.74) is 2.60. The average Bonchev–Trinajstić information content (AvgIpc) is 2.81. The molecule has 1 N–H and O–H groups in total. The Morgan fingerprint density at radius 2 is 1.74 bits per heavy atom. The molecule has 4 heteroatoms. The van der Waals surface area contributed by atoms with E-state index in [4.69, 9.17) is 11.6 Å². The maximum Gasteiger partial charge on any atom is 0.258 e. The summed E-state index contributed by atoms with van der Waals surface area (Å²) < 4.78 is 0. The number of carbonyl (C=O) groups is 1. The largest absolute Gasteiger partial charge is 0.507 e. The van der Waals surface area contributed by atoms with E-state index >= 15 is 0 Å². The van der Waals surface area contributed by atoms with Crippen molar-refractivity contribution in [2.45, 2.75) is 13.1 Å². The normalized spacial score (nSPS) is 13.4. The minimum atomic E-state index is -0.176. The molecule has 3 nitrogen and oxygen atoms in total. The molecule has 0 spiro atoms. The molecule has 0 bridgehead atoms. The molecule has 19 heavy (non-hydrogen) atoms. The minimum absolute atomic E-state index is 0.0755. The van der Waals surface area contributed by atoms with E-state index in [0.717, 1.165) is 11.1 Å². The smallest absolute Gasteiger partial charge is 0.258 e. The van der Waals surface area contributed by atoms with Gasteiger partial charge < -0.3 is 10.0 Å². The van der Waals surface area contributed by atoms with Crippen LogP contribution in [0.3, 0.4) is 0 Å². The van der Waals surface area contributed by atoms with Crippen LogP contribution in [0.15, 0.2) is 42.5 Å². The van der Waals surface area contributed by atoms with E-state index in [1.807, 2.05) is 24.3 Å². The first-order valence-corrected chi connectivity index (χ1v) is 6.37. The zero-order valence-corrected chi connectivity index (χ0v) is 10.9. The first kappa shape index (κ1) is 12.1. The third kappa shape index (κ3) is 2.17. The van der Waals surface area contributed by atoms with Crippen molar-refractivity contribution in [3.8, 4) is 5.75 Å². The lowest BCUT2D eigenvalue weighted by Crippen LogP contribution is -2.25. The van der Waals surface area contributed by atoms with Gasteiger partial charge in [0.1, 0.15) is 5.75 Å². The van der Waals surface area contributed by atoms with E-state index in [0.29, 0.717) is 18.1 Å². The van der Waals surface area contributed by atoms with Gasteiger partial charge in [0.15, 0.2) is 0 Å². The number of carbonyl (C=O) groups excluding carboxylic acids is 1. The molecule has 0 unspecified atom stereocenters. The standard InChI is InChI=1S/C15H12ClNO2/c16-12-5-6-13(14(18)7-12)15(19)17-8-10-3-1-2-4-11(10)9-17/h1-7,18H,8-9H2. The molecule has 0 aliphatic carbocycles. The molecule has 0 fully saturated rings. The number of aromatic hydroxyl groups is 1. The lowest BCUT2D eigenvalue weighted by atomic mass is 10.1. The van der Waals surface area contributed by atoms with Crippen LogP contribution in [0.1, 0.15) is 21.5 Å². The van der Waals surface area contributed by atoms with Gasteiger partial charge in [0.25, 0.3) is 5.91 Å². The van der Waals surface area contributed by atoms with Gasteiger partial charge in [0.2, 0.25) is 0 Å². The summed E-state index contributed by atoms with van der Waals surface area (Å²) in [6.07, 6.45) is 0. The monoisotopic (exact) mass is 273 g/mol. The topological polar surface area (TPSA) is 40.5 Å². The summed E-state index contributed by atoms with van der Waals surface area (Å²) in [5, 5.41) is 10.2. The van der Waals surface area contributed by atoms with Crippen LogP contribution in [-0.2, 0) is 13.1 Å². The molecular weight excluding hydrogens is 262 g/mol. The Kier molecular flexibility index (Phi) is 2.91. The summed E-state index contributed by atoms with van der Waals surface area (Å²) in [4.78, 5) is 14.1. The molecule has 3 rings (SSSR count). The summed E-state index contributed by atoms with van der Waals surface area (Å²) in [6, 6.07) is 12.5. The lowest BCUT2D eigenvalue weighted by Gasteiger charge is -2.16. The summed E-state index contributed by atoms with van der Waals surface area (Å²) >= 11 is 5.77. The molecule has 1 aliphatic heterocycles. The van der Waals surface area contributed by atoms with Crippen LogP contribution in [0.25, 0.3) is 0 Å². The first-order chi connectivity index (χ1) is 9.15. The Bertz CT molecular complexity index is 629. The molecule has 0 saturated heterocycles. The van der Waals surface area contributed by atoms with Crippen LogP contribution in [0.5, 0.6) is 5.75 Å². The van der Waals surface area contributed by atoms with Crippen LogP contribution >= 0.6 is 11.6 Å². The van der Waals surface area contributed by atoms with Crippen molar-refractivity contribution in [1.29, 1.82) is 0 Å². The number of amides is 1. The number of hydrogen-bond acceptors (Lipinski definition) is 2. The highest BCUT2D eigenvalue weighted by molar-refractivity contribution is 6.30. The van der Waals surface area contributed by atoms with Gasteiger partial charge in [-0.3, -0.25) is 4.79 Å². The molecule has 2 aromatic carbocycles. The maximum absolute atomic E-state index is 12.4. The third-order valence-corrected chi connectivity index (χ3v) is 3.55. The summed E-state index contributed by atoms with van der Waals surface area (Å²) in [6.45, 7) is 1.16. The number of hydrogen-bond donors (Lipinski definition) is 1. The van der Waals surface area contributed by atoms with E-state index in [1.54, 1.807) is 17.0 Å². The van der Waals surface area contributed by atoms with Crippen molar-refractivity contribution in [3.63, 3.8) is 0 Å². The SMILES string of the molecule is O=C(c1ccc(Cl)cc1O)N1Cc2ccccc2C1. The van der Waals surface area contributed by atoms with Gasteiger partial charge in [0, 0.05) is 18.1 Å². The van der Waals surface area contributed by atoms with Crippen molar-refractivity contribution in [3.05, 3.63) is 64.2 Å². The predicted molar refractivity (Wildman–Crippen MR) is 73.1 cm³/mol. The average molecular weight is 274 g/mol. The summed E-state index contributed by atoms with van der Waals surface area (Å²) in [7, 11) is 0. The lowest BCUT2D eigenvalue weighted by molar-refractivity contribution is 0.0748. The highest BCUT2D eigenvalue weighted by Crippen LogP contribution is 2.28. The molecule has 2 aromatic rings. The number of rotatable bonds is 1. The zero-order chi connectivity index (χ0) is 13.4. The van der Waals surface area contributed by atoms with Crippen molar-refractivity contribution in [2.75, 3.05) is 0 Å². The molecular formula is C15H12ClNO2. The van der Waals surface area contributed by atoms with Crippen molar-refractivity contribution in [1.82, 2.24) is 4.90 Å². The Balaban J connectivity index is 1.87. The Labute approximate surface area is 116 Å². The minimum Gasteiger partial charge on any atom is -0.507 e. The van der Waals surface area contributed by atoms with Gasteiger partial charge in [-0.1, -0.05) is 35.9 Å². The molecule has 0 atom stereocenters. The molecule has 0 saturated carbocycles. The van der Waals surface area contributed by atoms with E-state index < -0.39 is 0 Å². The van der Waals surface area contributed by atoms with E-state index in [2.05, 4.69) is 0 Å². The van der Waals surface area contributed by atoms with Gasteiger partial charge in [-0.05, 0) is 29.3 Å². The van der Waals surface area contributed by atoms with Crippen molar-refractivity contribution in [2.24, 2.45) is 0 Å². The molecule has 1 aliphatic rings. The molecule has 1 heterocycles. The van der Waals surface area contributed by atoms with E-state index in [-0.39, 0.29) is 17.2 Å². The Morgan fingerprint density at radius 1 is 1.11 bits per heavy atom. The van der Waals surface area contributed by atoms with E-state index in [9.17, 15) is 9.90 Å². The maximum atomic E-state index is 12.4. The Morgan fingerprint density at radius 3 is 2.32 bits per heavy atom. The second kappa shape index (κ2) is 4.59. The number of fused-ring (bicyclic) bond motifs is 1. The van der Waals surface area contributed by atoms with Crippen LogP contribution in [-0.4, -0.2) is 15.9 Å². The zero-order valence-electron chi connectivity index (χ0n) is 10.1. The molecule has 0 radical (unpaired) electrons. The molecule has 1 amide bonds. The van der Waals surface area contributed by atoms with Crippen LogP contribution < -0.4 is 0 Å². The fourth-order valence-corrected chi connectivity index (χ4v) is 2.50. The van der Waals surface area contributed by atoms with Crippen LogP contribution in [0.4, 0.5) is 0 Å². The van der Waals surface area contributed by atoms with Gasteiger partial charge in [-0.25, -0.2) is 0 Å². The quantitative estimate of drug-likeness (QED) is 0.867. The van der Waals surface area contributed by atoms with Crippen molar-refractivity contribution >= 4 is 17.5 Å². The summed E-state index contributed by atoms with van der Waals surface area (Å²) in [5.74, 6) is -0.251. The van der Waals surface area contributed by atoms with E-state index in [1.165, 1.54) is 6.07 Å². The van der Waals surface area contributed by atoms with Crippen LogP contribution in [0, 0.1) is 0 Å². The fraction of sp³-hybridized carbons (Fsp3) is 0.133. The number of phenols is 1. The highest BCUT2D eigenvalue weighted by Gasteiger charge is 2.25. The second-order valence-electron chi connectivity index (χ2n) is 4.59. The number of nitrogens with zero attached hydrogens (tertiary/aromatic N) is 1. The molecule has 0 aromatic heterocycles. The number of phenolic OH excluding ortho intramolecular Hbond substituents is 1. The Hall–Kier alpha value is -2.00. The van der Waals surface area contributed by atoms with Gasteiger partial charge in [0.05, 0.1) is 5.56 Å². The number of benzene rings is 2. The fourth-order valence-electron chi connectivity index (χ4n) is 2.33. The van der Waals surface area contributed by atoms with Crippen LogP contribution in [0.2, 0.25) is 5.02 Å². The number of halogens is 1. The highest BCUT2D eigenvalue weighted by atomic mass is 35.5. The van der Waals surface area contributed by atoms with Crippen molar-refractivity contribution < 1.29 is 9.90 Å². The van der Waals surface area contributed by atoms with Gasteiger partial charge in [-0.15, -0.1) is 0 Å². The van der Waals surface area contributed by atoms with Gasteiger partial charge in [-0.2, -0.15) is 0 Å².